The third kappa shape index (κ3) is 5.24. The predicted molar refractivity (Wildman–Crippen MR) is 52.1 cm³/mol. The van der Waals surface area contributed by atoms with Gasteiger partial charge < -0.3 is 4.48 Å². The van der Waals surface area contributed by atoms with Gasteiger partial charge in [-0.3, -0.25) is 0 Å². The second-order valence-corrected chi connectivity index (χ2v) is 2.57. The third-order valence-corrected chi connectivity index (χ3v) is 2.29. The minimum absolute atomic E-state index is 1.21. The normalized spacial score (nSPS) is 10.2. The number of hydrogen-bond acceptors (Lipinski definition) is 0. The highest BCUT2D eigenvalue weighted by Crippen LogP contribution is 1.97. The quantitative estimate of drug-likeness (QED) is 0.628. The molecule has 0 aromatic carbocycles. The van der Waals surface area contributed by atoms with Crippen molar-refractivity contribution in [1.29, 1.82) is 0 Å². The van der Waals surface area contributed by atoms with Gasteiger partial charge in [0.2, 0.25) is 0 Å². The van der Waals surface area contributed by atoms with E-state index in [1.807, 2.05) is 0 Å². The summed E-state index contributed by atoms with van der Waals surface area (Å²) in [5.74, 6) is 3.06. The maximum absolute atomic E-state index is 3.06. The first-order valence-electron chi connectivity index (χ1n) is 3.78. The standard InChI is InChI=1S/C7H18N.CH2Br/c1-5-8(4,6-2)7-3;1-2/h5-7H2,1-4H3;1H2/q+1;. The van der Waals surface area contributed by atoms with Crippen LogP contribution in [-0.4, -0.2) is 31.2 Å². The summed E-state index contributed by atoms with van der Waals surface area (Å²) in [4.78, 5) is 0. The van der Waals surface area contributed by atoms with Gasteiger partial charge in [0, 0.05) is 5.83 Å². The van der Waals surface area contributed by atoms with Gasteiger partial charge in [-0.15, -0.1) is 0 Å². The van der Waals surface area contributed by atoms with Crippen molar-refractivity contribution < 1.29 is 4.48 Å². The van der Waals surface area contributed by atoms with E-state index in [9.17, 15) is 0 Å². The van der Waals surface area contributed by atoms with Crippen LogP contribution in [-0.2, 0) is 0 Å². The van der Waals surface area contributed by atoms with E-state index in [-0.39, 0.29) is 0 Å². The fourth-order valence-electron chi connectivity index (χ4n) is 0.671. The predicted octanol–water partition coefficient (Wildman–Crippen LogP) is 2.67. The summed E-state index contributed by atoms with van der Waals surface area (Å²) < 4.78 is 1.21. The molecule has 0 unspecified atom stereocenters. The molecular formula is C8H20BrN+. The minimum atomic E-state index is 1.21. The molecular weight excluding hydrogens is 190 g/mol. The molecule has 2 heteroatoms. The molecule has 0 aliphatic heterocycles. The molecule has 0 saturated carbocycles. The molecule has 0 aliphatic carbocycles. The fraction of sp³-hybridized carbons (Fsp3) is 0.875. The Balaban J connectivity index is 0. The van der Waals surface area contributed by atoms with Crippen molar-refractivity contribution in [3.63, 3.8) is 0 Å². The SMILES string of the molecule is CC[N+](C)(CC)CC.[CH2]Br. The second-order valence-electron chi connectivity index (χ2n) is 2.57. The van der Waals surface area contributed by atoms with Gasteiger partial charge in [0.05, 0.1) is 26.7 Å². The van der Waals surface area contributed by atoms with E-state index in [0.29, 0.717) is 0 Å². The molecule has 63 valence electrons. The number of nitrogens with zero attached hydrogens (tertiary/aromatic N) is 1. The van der Waals surface area contributed by atoms with Crippen molar-refractivity contribution in [1.82, 2.24) is 0 Å². The monoisotopic (exact) mass is 209 g/mol. The highest BCUT2D eigenvalue weighted by molar-refractivity contribution is 9.10. The Bertz CT molecular complexity index is 52.0. The zero-order chi connectivity index (χ0) is 8.62. The van der Waals surface area contributed by atoms with Crippen molar-refractivity contribution in [2.24, 2.45) is 0 Å². The molecule has 0 N–H and O–H groups in total. The van der Waals surface area contributed by atoms with Gasteiger partial charge in [-0.1, -0.05) is 15.9 Å². The maximum atomic E-state index is 3.06. The summed E-state index contributed by atoms with van der Waals surface area (Å²) in [6.07, 6.45) is 0. The van der Waals surface area contributed by atoms with Crippen LogP contribution in [0, 0.1) is 5.83 Å². The van der Waals surface area contributed by atoms with Crippen LogP contribution < -0.4 is 0 Å². The van der Waals surface area contributed by atoms with Gasteiger partial charge in [-0.2, -0.15) is 0 Å². The number of hydrogen-bond donors (Lipinski definition) is 0. The highest BCUT2D eigenvalue weighted by atomic mass is 79.9. The summed E-state index contributed by atoms with van der Waals surface area (Å²) in [5, 5.41) is 0. The molecule has 0 saturated heterocycles. The molecule has 0 fully saturated rings. The van der Waals surface area contributed by atoms with E-state index in [2.05, 4.69) is 49.6 Å². The van der Waals surface area contributed by atoms with Gasteiger partial charge >= 0.3 is 0 Å². The molecule has 10 heavy (non-hydrogen) atoms. The number of quaternary nitrogens is 1. The molecule has 0 atom stereocenters. The van der Waals surface area contributed by atoms with Crippen LogP contribution in [0.15, 0.2) is 0 Å². The first-order valence-corrected chi connectivity index (χ1v) is 4.91. The van der Waals surface area contributed by atoms with Crippen LogP contribution in [0.4, 0.5) is 0 Å². The lowest BCUT2D eigenvalue weighted by atomic mass is 10.4. The summed E-state index contributed by atoms with van der Waals surface area (Å²) in [5.41, 5.74) is 0. The Morgan fingerprint density at radius 2 is 1.20 bits per heavy atom. The van der Waals surface area contributed by atoms with E-state index in [0.717, 1.165) is 0 Å². The molecule has 0 rings (SSSR count). The zero-order valence-corrected chi connectivity index (χ0v) is 9.24. The molecule has 1 radical (unpaired) electrons. The molecule has 0 aromatic rings. The molecule has 1 nitrogen and oxygen atoms in total. The Kier molecular flexibility index (Phi) is 9.86. The van der Waals surface area contributed by atoms with Crippen LogP contribution >= 0.6 is 15.9 Å². The number of halogens is 1. The average Bonchev–Trinajstić information content (AvgIpc) is 2.07. The van der Waals surface area contributed by atoms with E-state index in [4.69, 9.17) is 0 Å². The Hall–Kier alpha value is 0.440. The third-order valence-electron chi connectivity index (χ3n) is 2.29. The van der Waals surface area contributed by atoms with E-state index < -0.39 is 0 Å². The minimum Gasteiger partial charge on any atom is -0.327 e. The summed E-state index contributed by atoms with van der Waals surface area (Å²) in [6, 6.07) is 0. The maximum Gasteiger partial charge on any atom is 0.0755 e. The van der Waals surface area contributed by atoms with Crippen LogP contribution in [0.3, 0.4) is 0 Å². The van der Waals surface area contributed by atoms with E-state index in [1.54, 1.807) is 0 Å². The van der Waals surface area contributed by atoms with Crippen LogP contribution in [0.1, 0.15) is 20.8 Å². The molecule has 0 amide bonds. The van der Waals surface area contributed by atoms with Gasteiger partial charge in [-0.05, 0) is 20.8 Å². The molecule has 0 aliphatic rings. The molecule has 0 spiro atoms. The smallest absolute Gasteiger partial charge is 0.0755 e. The van der Waals surface area contributed by atoms with Crippen LogP contribution in [0.5, 0.6) is 0 Å². The van der Waals surface area contributed by atoms with Crippen LogP contribution in [0.25, 0.3) is 0 Å². The van der Waals surface area contributed by atoms with Crippen molar-refractivity contribution in [2.45, 2.75) is 20.8 Å². The Morgan fingerprint density at radius 1 is 1.00 bits per heavy atom. The Labute approximate surface area is 74.1 Å². The van der Waals surface area contributed by atoms with Crippen molar-refractivity contribution in [3.05, 3.63) is 5.83 Å². The second kappa shape index (κ2) is 7.55. The number of rotatable bonds is 3. The molecule has 0 heterocycles. The van der Waals surface area contributed by atoms with Crippen molar-refractivity contribution in [2.75, 3.05) is 26.7 Å². The lowest BCUT2D eigenvalue weighted by Gasteiger charge is -2.30. The zero-order valence-electron chi connectivity index (χ0n) is 7.65. The van der Waals surface area contributed by atoms with E-state index >= 15 is 0 Å². The van der Waals surface area contributed by atoms with Gasteiger partial charge in [0.15, 0.2) is 0 Å². The molecule has 0 bridgehead atoms. The van der Waals surface area contributed by atoms with Crippen molar-refractivity contribution in [3.8, 4) is 0 Å². The molecule has 0 aromatic heterocycles. The topological polar surface area (TPSA) is 0 Å². The largest absolute Gasteiger partial charge is 0.327 e. The van der Waals surface area contributed by atoms with Crippen molar-refractivity contribution >= 4 is 15.9 Å². The summed E-state index contributed by atoms with van der Waals surface area (Å²) in [6.45, 7) is 10.5. The highest BCUT2D eigenvalue weighted by Gasteiger charge is 2.10. The van der Waals surface area contributed by atoms with Crippen LogP contribution in [0.2, 0.25) is 0 Å². The summed E-state index contributed by atoms with van der Waals surface area (Å²) >= 11 is 2.69. The average molecular weight is 210 g/mol. The van der Waals surface area contributed by atoms with Gasteiger partial charge in [0.1, 0.15) is 0 Å². The lowest BCUT2D eigenvalue weighted by molar-refractivity contribution is -0.904. The van der Waals surface area contributed by atoms with Gasteiger partial charge in [-0.25, -0.2) is 0 Å². The van der Waals surface area contributed by atoms with Gasteiger partial charge in [0.25, 0.3) is 0 Å². The summed E-state index contributed by atoms with van der Waals surface area (Å²) in [7, 11) is 2.29. The first kappa shape index (κ1) is 13.1. The fourth-order valence-corrected chi connectivity index (χ4v) is 0.671. The Morgan fingerprint density at radius 3 is 1.20 bits per heavy atom. The van der Waals surface area contributed by atoms with E-state index in [1.165, 1.54) is 24.1 Å². The lowest BCUT2D eigenvalue weighted by Crippen LogP contribution is -2.42. The first-order chi connectivity index (χ1) is 4.68.